The molecule has 2 rings (SSSR count). The lowest BCUT2D eigenvalue weighted by Crippen LogP contribution is -2.37. The predicted octanol–water partition coefficient (Wildman–Crippen LogP) is 1.86. The Hall–Kier alpha value is -1.14. The van der Waals surface area contributed by atoms with E-state index >= 15 is 0 Å². The number of carbonyl (C=O) groups is 1. The number of amides is 1. The van der Waals surface area contributed by atoms with Crippen LogP contribution in [0.25, 0.3) is 0 Å². The highest BCUT2D eigenvalue weighted by atomic mass is 32.1. The van der Waals surface area contributed by atoms with E-state index in [1.54, 1.807) is 6.20 Å². The van der Waals surface area contributed by atoms with E-state index in [2.05, 4.69) is 15.6 Å². The average Bonchev–Trinajstić information content (AvgIpc) is 2.89. The SMILES string of the molecule is CCNc1ncc(C(=O)NC2CCC(CO)CC2)s1. The van der Waals surface area contributed by atoms with Crippen LogP contribution in [0.3, 0.4) is 0 Å². The molecule has 0 unspecified atom stereocenters. The van der Waals surface area contributed by atoms with Crippen molar-refractivity contribution in [2.45, 2.75) is 38.6 Å². The highest BCUT2D eigenvalue weighted by Crippen LogP contribution is 2.24. The van der Waals surface area contributed by atoms with Crippen molar-refractivity contribution in [3.63, 3.8) is 0 Å². The third-order valence-corrected chi connectivity index (χ3v) is 4.45. The third-order valence-electron chi connectivity index (χ3n) is 3.50. The highest BCUT2D eigenvalue weighted by molar-refractivity contribution is 7.17. The second kappa shape index (κ2) is 6.86. The number of aliphatic hydroxyl groups is 1. The summed E-state index contributed by atoms with van der Waals surface area (Å²) in [5.74, 6) is 0.381. The quantitative estimate of drug-likeness (QED) is 0.771. The molecule has 1 saturated carbocycles. The van der Waals surface area contributed by atoms with Crippen LogP contribution in [0.1, 0.15) is 42.3 Å². The number of anilines is 1. The van der Waals surface area contributed by atoms with Gasteiger partial charge in [-0.25, -0.2) is 4.98 Å². The van der Waals surface area contributed by atoms with Gasteiger partial charge in [-0.2, -0.15) is 0 Å². The Morgan fingerprint density at radius 2 is 2.21 bits per heavy atom. The first-order chi connectivity index (χ1) is 9.22. The second-order valence-corrected chi connectivity index (χ2v) is 5.96. The van der Waals surface area contributed by atoms with E-state index in [0.29, 0.717) is 10.8 Å². The molecule has 1 fully saturated rings. The molecule has 1 amide bonds. The fourth-order valence-corrected chi connectivity index (χ4v) is 3.15. The summed E-state index contributed by atoms with van der Waals surface area (Å²) in [5.41, 5.74) is 0. The Morgan fingerprint density at radius 3 is 2.84 bits per heavy atom. The van der Waals surface area contributed by atoms with Gasteiger partial charge in [0.15, 0.2) is 5.13 Å². The van der Waals surface area contributed by atoms with Crippen LogP contribution in [0.2, 0.25) is 0 Å². The third kappa shape index (κ3) is 3.91. The zero-order chi connectivity index (χ0) is 13.7. The van der Waals surface area contributed by atoms with Gasteiger partial charge >= 0.3 is 0 Å². The summed E-state index contributed by atoms with van der Waals surface area (Å²) in [4.78, 5) is 16.9. The summed E-state index contributed by atoms with van der Waals surface area (Å²) in [6.07, 6.45) is 5.52. The van der Waals surface area contributed by atoms with Gasteiger partial charge < -0.3 is 15.7 Å². The lowest BCUT2D eigenvalue weighted by Gasteiger charge is -2.27. The molecule has 1 aromatic rings. The number of aromatic nitrogens is 1. The van der Waals surface area contributed by atoms with Crippen LogP contribution in [0, 0.1) is 5.92 Å². The van der Waals surface area contributed by atoms with Crippen molar-refractivity contribution in [2.24, 2.45) is 5.92 Å². The van der Waals surface area contributed by atoms with Crippen molar-refractivity contribution >= 4 is 22.4 Å². The first kappa shape index (κ1) is 14.3. The smallest absolute Gasteiger partial charge is 0.263 e. The molecule has 1 aromatic heterocycles. The van der Waals surface area contributed by atoms with Gasteiger partial charge in [-0.15, -0.1) is 0 Å². The molecular formula is C13H21N3O2S. The molecule has 6 heteroatoms. The summed E-state index contributed by atoms with van der Waals surface area (Å²) in [7, 11) is 0. The van der Waals surface area contributed by atoms with Gasteiger partial charge in [0.1, 0.15) is 4.88 Å². The molecule has 0 saturated heterocycles. The van der Waals surface area contributed by atoms with Crippen LogP contribution in [-0.2, 0) is 0 Å². The van der Waals surface area contributed by atoms with E-state index in [0.717, 1.165) is 37.4 Å². The maximum atomic E-state index is 12.1. The van der Waals surface area contributed by atoms with E-state index in [-0.39, 0.29) is 18.6 Å². The maximum Gasteiger partial charge on any atom is 0.263 e. The fraction of sp³-hybridized carbons (Fsp3) is 0.692. The van der Waals surface area contributed by atoms with Gasteiger partial charge in [0.2, 0.25) is 0 Å². The van der Waals surface area contributed by atoms with Crippen LogP contribution >= 0.6 is 11.3 Å². The Kier molecular flexibility index (Phi) is 5.15. The maximum absolute atomic E-state index is 12.1. The summed E-state index contributed by atoms with van der Waals surface area (Å²) in [6, 6.07) is 0.236. The number of hydrogen-bond acceptors (Lipinski definition) is 5. The monoisotopic (exact) mass is 283 g/mol. The number of aliphatic hydroxyl groups excluding tert-OH is 1. The number of nitrogens with zero attached hydrogens (tertiary/aromatic N) is 1. The average molecular weight is 283 g/mol. The van der Waals surface area contributed by atoms with Crippen molar-refractivity contribution < 1.29 is 9.90 Å². The minimum Gasteiger partial charge on any atom is -0.396 e. The molecule has 0 radical (unpaired) electrons. The predicted molar refractivity (Wildman–Crippen MR) is 76.6 cm³/mol. The van der Waals surface area contributed by atoms with Gasteiger partial charge in [0, 0.05) is 19.2 Å². The number of rotatable bonds is 5. The molecule has 0 aliphatic heterocycles. The van der Waals surface area contributed by atoms with Crippen LogP contribution in [0.15, 0.2) is 6.20 Å². The molecule has 0 aromatic carbocycles. The lowest BCUT2D eigenvalue weighted by molar-refractivity contribution is 0.0918. The van der Waals surface area contributed by atoms with Crippen LogP contribution < -0.4 is 10.6 Å². The molecule has 0 bridgehead atoms. The van der Waals surface area contributed by atoms with Crippen molar-refractivity contribution in [3.05, 3.63) is 11.1 Å². The fourth-order valence-electron chi connectivity index (χ4n) is 2.36. The van der Waals surface area contributed by atoms with Gasteiger partial charge in [0.05, 0.1) is 6.20 Å². The van der Waals surface area contributed by atoms with E-state index in [1.165, 1.54) is 11.3 Å². The van der Waals surface area contributed by atoms with Gasteiger partial charge in [-0.3, -0.25) is 4.79 Å². The van der Waals surface area contributed by atoms with Crippen LogP contribution in [0.4, 0.5) is 5.13 Å². The Labute approximate surface area is 117 Å². The Morgan fingerprint density at radius 1 is 1.47 bits per heavy atom. The summed E-state index contributed by atoms with van der Waals surface area (Å²) >= 11 is 1.38. The van der Waals surface area contributed by atoms with Gasteiger partial charge in [-0.05, 0) is 38.5 Å². The van der Waals surface area contributed by atoms with E-state index in [1.807, 2.05) is 6.92 Å². The molecule has 1 aliphatic carbocycles. The van der Waals surface area contributed by atoms with Gasteiger partial charge in [-0.1, -0.05) is 11.3 Å². The molecule has 106 valence electrons. The molecule has 5 nitrogen and oxygen atoms in total. The molecule has 3 N–H and O–H groups in total. The van der Waals surface area contributed by atoms with Gasteiger partial charge in [0.25, 0.3) is 5.91 Å². The van der Waals surface area contributed by atoms with Crippen LogP contribution in [-0.4, -0.2) is 35.2 Å². The Balaban J connectivity index is 1.83. The van der Waals surface area contributed by atoms with Crippen molar-refractivity contribution in [1.29, 1.82) is 0 Å². The summed E-state index contributed by atoms with van der Waals surface area (Å²) in [6.45, 7) is 3.07. The zero-order valence-corrected chi connectivity index (χ0v) is 12.0. The minimum absolute atomic E-state index is 0.0332. The normalized spacial score (nSPS) is 23.1. The van der Waals surface area contributed by atoms with E-state index < -0.39 is 0 Å². The molecular weight excluding hydrogens is 262 g/mol. The number of hydrogen-bond donors (Lipinski definition) is 3. The van der Waals surface area contributed by atoms with Crippen molar-refractivity contribution in [3.8, 4) is 0 Å². The summed E-state index contributed by atoms with van der Waals surface area (Å²) in [5, 5.41) is 16.0. The summed E-state index contributed by atoms with van der Waals surface area (Å²) < 4.78 is 0. The second-order valence-electron chi connectivity index (χ2n) is 4.93. The number of carbonyl (C=O) groups excluding carboxylic acids is 1. The molecule has 1 aliphatic rings. The van der Waals surface area contributed by atoms with E-state index in [4.69, 9.17) is 5.11 Å². The molecule has 1 heterocycles. The first-order valence-corrected chi connectivity index (χ1v) is 7.66. The van der Waals surface area contributed by atoms with Crippen LogP contribution in [0.5, 0.6) is 0 Å². The first-order valence-electron chi connectivity index (χ1n) is 6.84. The Bertz CT molecular complexity index is 414. The molecule has 0 spiro atoms. The lowest BCUT2D eigenvalue weighted by atomic mass is 9.86. The molecule has 0 atom stereocenters. The van der Waals surface area contributed by atoms with E-state index in [9.17, 15) is 4.79 Å². The highest BCUT2D eigenvalue weighted by Gasteiger charge is 2.22. The topological polar surface area (TPSA) is 74.2 Å². The minimum atomic E-state index is -0.0332. The zero-order valence-electron chi connectivity index (χ0n) is 11.2. The standard InChI is InChI=1S/C13H21N3O2S/c1-2-14-13-15-7-11(19-13)12(18)16-10-5-3-9(8-17)4-6-10/h7,9-10,17H,2-6,8H2,1H3,(H,14,15)(H,16,18). The largest absolute Gasteiger partial charge is 0.396 e. The number of nitrogens with one attached hydrogen (secondary N) is 2. The molecule has 19 heavy (non-hydrogen) atoms. The van der Waals surface area contributed by atoms with Crippen molar-refractivity contribution in [2.75, 3.05) is 18.5 Å². The number of thiazole rings is 1. The van der Waals surface area contributed by atoms with Crippen molar-refractivity contribution in [1.82, 2.24) is 10.3 Å².